The van der Waals surface area contributed by atoms with Gasteiger partial charge in [-0.05, 0) is 34.7 Å². The van der Waals surface area contributed by atoms with Crippen molar-refractivity contribution >= 4 is 28.6 Å². The summed E-state index contributed by atoms with van der Waals surface area (Å²) in [5.41, 5.74) is 2.82. The second kappa shape index (κ2) is 9.03. The molecule has 2 heterocycles. The van der Waals surface area contributed by atoms with Crippen molar-refractivity contribution in [1.29, 1.82) is 0 Å². The van der Waals surface area contributed by atoms with Crippen molar-refractivity contribution < 1.29 is 9.53 Å². The Morgan fingerprint density at radius 3 is 2.45 bits per heavy atom. The topological polar surface area (TPSA) is 51.2 Å². The van der Waals surface area contributed by atoms with E-state index in [0.29, 0.717) is 0 Å². The Morgan fingerprint density at radius 2 is 1.76 bits per heavy atom. The number of hydrogen-bond donors (Lipinski definition) is 1. The minimum atomic E-state index is -0.231. The predicted octanol–water partition coefficient (Wildman–Crippen LogP) is 5.33. The molecule has 0 radical (unpaired) electrons. The molecule has 6 heteroatoms. The van der Waals surface area contributed by atoms with E-state index in [0.717, 1.165) is 32.5 Å². The molecule has 1 amide bonds. The number of thiophene rings is 1. The summed E-state index contributed by atoms with van der Waals surface area (Å²) in [5.74, 6) is 0.730. The van der Waals surface area contributed by atoms with Gasteiger partial charge in [0, 0.05) is 5.38 Å². The van der Waals surface area contributed by atoms with Gasteiger partial charge >= 0.3 is 0 Å². The number of methoxy groups -OCH3 is 1. The summed E-state index contributed by atoms with van der Waals surface area (Å²) in [6, 6.07) is 21.6. The van der Waals surface area contributed by atoms with E-state index in [9.17, 15) is 4.79 Å². The van der Waals surface area contributed by atoms with Gasteiger partial charge in [0.05, 0.1) is 30.1 Å². The van der Waals surface area contributed by atoms with Crippen molar-refractivity contribution in [3.8, 4) is 15.6 Å². The zero-order valence-electron chi connectivity index (χ0n) is 15.9. The van der Waals surface area contributed by atoms with E-state index in [4.69, 9.17) is 4.74 Å². The molecular formula is C23H20N2O2S2. The van der Waals surface area contributed by atoms with E-state index in [2.05, 4.69) is 10.3 Å². The molecule has 146 valence electrons. The third-order valence-electron chi connectivity index (χ3n) is 4.51. The van der Waals surface area contributed by atoms with Crippen LogP contribution in [0.4, 0.5) is 0 Å². The van der Waals surface area contributed by atoms with E-state index in [-0.39, 0.29) is 18.4 Å². The Balaban J connectivity index is 1.51. The number of thiazole rings is 1. The number of hydrogen-bond acceptors (Lipinski definition) is 5. The van der Waals surface area contributed by atoms with Crippen molar-refractivity contribution in [3.05, 3.63) is 94.3 Å². The Kier molecular flexibility index (Phi) is 6.03. The Hall–Kier alpha value is -2.96. The predicted molar refractivity (Wildman–Crippen MR) is 119 cm³/mol. The van der Waals surface area contributed by atoms with Crippen LogP contribution in [0.1, 0.15) is 22.9 Å². The number of nitrogens with zero attached hydrogens (tertiary/aromatic N) is 1. The third-order valence-corrected chi connectivity index (χ3v) is 6.44. The first-order chi connectivity index (χ1) is 14.2. The number of aromatic nitrogens is 1. The average molecular weight is 421 g/mol. The van der Waals surface area contributed by atoms with Crippen LogP contribution in [-0.4, -0.2) is 18.0 Å². The van der Waals surface area contributed by atoms with Crippen molar-refractivity contribution in [2.45, 2.75) is 12.5 Å². The Morgan fingerprint density at radius 1 is 1.00 bits per heavy atom. The van der Waals surface area contributed by atoms with Gasteiger partial charge in [-0.2, -0.15) is 0 Å². The fourth-order valence-electron chi connectivity index (χ4n) is 3.08. The molecule has 2 aromatic heterocycles. The quantitative estimate of drug-likeness (QED) is 0.440. The highest BCUT2D eigenvalue weighted by atomic mass is 32.1. The number of rotatable bonds is 7. The fraction of sp³-hybridized carbons (Fsp3) is 0.130. The highest BCUT2D eigenvalue weighted by Crippen LogP contribution is 2.28. The molecule has 0 spiro atoms. The molecule has 0 saturated carbocycles. The number of benzene rings is 2. The van der Waals surface area contributed by atoms with Crippen LogP contribution in [0.15, 0.2) is 77.5 Å². The summed E-state index contributed by atoms with van der Waals surface area (Å²) in [6.45, 7) is 0. The fourth-order valence-corrected chi connectivity index (χ4v) is 4.71. The van der Waals surface area contributed by atoms with E-state index < -0.39 is 0 Å². The lowest BCUT2D eigenvalue weighted by molar-refractivity contribution is -0.121. The van der Waals surface area contributed by atoms with E-state index in [1.54, 1.807) is 29.8 Å². The molecule has 4 aromatic rings. The van der Waals surface area contributed by atoms with Crippen LogP contribution in [0, 0.1) is 0 Å². The second-order valence-corrected chi connectivity index (χ2v) is 8.29. The van der Waals surface area contributed by atoms with Crippen LogP contribution in [0.3, 0.4) is 0 Å². The smallest absolute Gasteiger partial charge is 0.226 e. The first kappa shape index (κ1) is 19.4. The lowest BCUT2D eigenvalue weighted by atomic mass is 9.98. The number of carbonyl (C=O) groups excluding carboxylic acids is 1. The number of carbonyl (C=O) groups is 1. The maximum atomic E-state index is 12.8. The van der Waals surface area contributed by atoms with Gasteiger partial charge in [-0.15, -0.1) is 22.7 Å². The summed E-state index contributed by atoms with van der Waals surface area (Å²) in [7, 11) is 1.64. The first-order valence-corrected chi connectivity index (χ1v) is 11.0. The number of ether oxygens (including phenoxy) is 1. The summed E-state index contributed by atoms with van der Waals surface area (Å²) >= 11 is 3.22. The first-order valence-electron chi connectivity index (χ1n) is 9.19. The van der Waals surface area contributed by atoms with Gasteiger partial charge < -0.3 is 10.1 Å². The van der Waals surface area contributed by atoms with E-state index in [1.165, 1.54) is 0 Å². The Labute approximate surface area is 177 Å². The van der Waals surface area contributed by atoms with Crippen LogP contribution in [0.5, 0.6) is 5.75 Å². The van der Waals surface area contributed by atoms with Crippen molar-refractivity contribution in [1.82, 2.24) is 10.3 Å². The molecule has 0 fully saturated rings. The maximum absolute atomic E-state index is 12.8. The molecule has 4 nitrogen and oxygen atoms in total. The summed E-state index contributed by atoms with van der Waals surface area (Å²) in [5, 5.41) is 8.11. The SMILES string of the molecule is COc1ccc(C(NC(=O)Cc2csc(-c3cccs3)n2)c2ccccc2)cc1. The maximum Gasteiger partial charge on any atom is 0.226 e. The van der Waals surface area contributed by atoms with Crippen LogP contribution in [0.2, 0.25) is 0 Å². The second-order valence-electron chi connectivity index (χ2n) is 6.48. The van der Waals surface area contributed by atoms with Gasteiger partial charge in [0.25, 0.3) is 0 Å². The van der Waals surface area contributed by atoms with Crippen LogP contribution >= 0.6 is 22.7 Å². The zero-order valence-corrected chi connectivity index (χ0v) is 17.5. The van der Waals surface area contributed by atoms with Gasteiger partial charge in [0.15, 0.2) is 0 Å². The van der Waals surface area contributed by atoms with Crippen LogP contribution in [0.25, 0.3) is 9.88 Å². The normalized spacial score (nSPS) is 11.8. The molecule has 29 heavy (non-hydrogen) atoms. The highest BCUT2D eigenvalue weighted by molar-refractivity contribution is 7.20. The van der Waals surface area contributed by atoms with Crippen molar-refractivity contribution in [2.75, 3.05) is 7.11 Å². The molecule has 1 atom stereocenters. The molecule has 1 unspecified atom stereocenters. The van der Waals surface area contributed by atoms with Crippen LogP contribution in [-0.2, 0) is 11.2 Å². The molecule has 0 saturated heterocycles. The van der Waals surface area contributed by atoms with E-state index >= 15 is 0 Å². The largest absolute Gasteiger partial charge is 0.497 e. The van der Waals surface area contributed by atoms with Gasteiger partial charge in [0.1, 0.15) is 10.8 Å². The van der Waals surface area contributed by atoms with Crippen molar-refractivity contribution in [2.24, 2.45) is 0 Å². The standard InChI is InChI=1S/C23H20N2O2S2/c1-27-19-11-9-17(10-12-19)22(16-6-3-2-4-7-16)25-21(26)14-18-15-29-23(24-18)20-8-5-13-28-20/h2-13,15,22H,14H2,1H3,(H,25,26). The zero-order chi connectivity index (χ0) is 20.1. The molecule has 4 rings (SSSR count). The van der Waals surface area contributed by atoms with Crippen molar-refractivity contribution in [3.63, 3.8) is 0 Å². The summed E-state index contributed by atoms with van der Waals surface area (Å²) < 4.78 is 5.25. The molecular weight excluding hydrogens is 400 g/mol. The minimum Gasteiger partial charge on any atom is -0.497 e. The Bertz CT molecular complexity index is 1060. The number of nitrogens with one attached hydrogen (secondary N) is 1. The summed E-state index contributed by atoms with van der Waals surface area (Å²) in [4.78, 5) is 18.6. The highest BCUT2D eigenvalue weighted by Gasteiger charge is 2.18. The molecule has 0 aliphatic heterocycles. The number of amides is 1. The molecule has 1 N–H and O–H groups in total. The lowest BCUT2D eigenvalue weighted by Crippen LogP contribution is -2.30. The van der Waals surface area contributed by atoms with Gasteiger partial charge in [-0.1, -0.05) is 48.5 Å². The monoisotopic (exact) mass is 420 g/mol. The minimum absolute atomic E-state index is 0.0577. The van der Waals surface area contributed by atoms with Gasteiger partial charge in [0.2, 0.25) is 5.91 Å². The average Bonchev–Trinajstić information content (AvgIpc) is 3.45. The lowest BCUT2D eigenvalue weighted by Gasteiger charge is -2.20. The molecule has 2 aromatic carbocycles. The summed E-state index contributed by atoms with van der Waals surface area (Å²) in [6.07, 6.45) is 0.251. The van der Waals surface area contributed by atoms with E-state index in [1.807, 2.05) is 77.5 Å². The molecule has 0 bridgehead atoms. The van der Waals surface area contributed by atoms with Crippen LogP contribution < -0.4 is 10.1 Å². The van der Waals surface area contributed by atoms with Gasteiger partial charge in [-0.3, -0.25) is 4.79 Å². The molecule has 0 aliphatic carbocycles. The molecule has 0 aliphatic rings. The van der Waals surface area contributed by atoms with Gasteiger partial charge in [-0.25, -0.2) is 4.98 Å². The third kappa shape index (κ3) is 4.72.